The van der Waals surface area contributed by atoms with Crippen LogP contribution in [0.25, 0.3) is 0 Å². The highest BCUT2D eigenvalue weighted by Crippen LogP contribution is 2.03. The van der Waals surface area contributed by atoms with E-state index in [1.54, 1.807) is 17.3 Å². The van der Waals surface area contributed by atoms with Crippen molar-refractivity contribution in [2.45, 2.75) is 6.17 Å². The molecule has 1 aliphatic rings. The van der Waals surface area contributed by atoms with Crippen molar-refractivity contribution in [2.75, 3.05) is 0 Å². The van der Waals surface area contributed by atoms with Crippen LogP contribution in [0, 0.1) is 0 Å². The zero-order chi connectivity index (χ0) is 8.27. The summed E-state index contributed by atoms with van der Waals surface area (Å²) in [6, 6.07) is -0.226. The number of hydrogen-bond acceptors (Lipinski definition) is 2. The maximum absolute atomic E-state index is 11.0. The van der Waals surface area contributed by atoms with Crippen LogP contribution < -0.4 is 11.1 Å². The molecule has 0 aliphatic carbocycles. The second-order valence-electron chi connectivity index (χ2n) is 1.98. The predicted octanol–water partition coefficient (Wildman–Crippen LogP) is 0.676. The van der Waals surface area contributed by atoms with Gasteiger partial charge in [0.2, 0.25) is 0 Å². The molecule has 0 radical (unpaired) electrons. The monoisotopic (exact) mass is 217 g/mol. The largest absolute Gasteiger partial charge is 0.326 e. The maximum atomic E-state index is 11.0. The molecule has 4 nitrogen and oxygen atoms in total. The molecule has 0 fully saturated rings. The van der Waals surface area contributed by atoms with Crippen LogP contribution >= 0.6 is 15.9 Å². The van der Waals surface area contributed by atoms with Gasteiger partial charge in [0.05, 0.1) is 0 Å². The van der Waals surface area contributed by atoms with Crippen LogP contribution in [0.1, 0.15) is 0 Å². The van der Waals surface area contributed by atoms with Gasteiger partial charge in [0.15, 0.2) is 0 Å². The highest BCUT2D eigenvalue weighted by Gasteiger charge is 2.17. The van der Waals surface area contributed by atoms with Gasteiger partial charge in [0.1, 0.15) is 6.17 Å². The summed E-state index contributed by atoms with van der Waals surface area (Å²) in [6.07, 6.45) is 4.40. The highest BCUT2D eigenvalue weighted by atomic mass is 79.9. The summed E-state index contributed by atoms with van der Waals surface area (Å²) in [5, 5.41) is 2.50. The quantitative estimate of drug-likeness (QED) is 0.679. The van der Waals surface area contributed by atoms with E-state index in [4.69, 9.17) is 5.73 Å². The Kier molecular flexibility index (Phi) is 2.67. The van der Waals surface area contributed by atoms with Gasteiger partial charge in [-0.1, -0.05) is 15.9 Å². The van der Waals surface area contributed by atoms with Gasteiger partial charge in [-0.25, -0.2) is 4.79 Å². The predicted molar refractivity (Wildman–Crippen MR) is 45.6 cm³/mol. The van der Waals surface area contributed by atoms with E-state index in [2.05, 4.69) is 21.2 Å². The lowest BCUT2D eigenvalue weighted by Gasteiger charge is -2.25. The Morgan fingerprint density at radius 1 is 1.82 bits per heavy atom. The first-order valence-corrected chi connectivity index (χ1v) is 3.95. The summed E-state index contributed by atoms with van der Waals surface area (Å²) < 4.78 is 0. The Morgan fingerprint density at radius 2 is 2.55 bits per heavy atom. The van der Waals surface area contributed by atoms with E-state index in [1.807, 2.05) is 0 Å². The molecular weight excluding hydrogens is 210 g/mol. The third kappa shape index (κ3) is 1.81. The molecule has 1 heterocycles. The van der Waals surface area contributed by atoms with Gasteiger partial charge in [-0.3, -0.25) is 4.90 Å². The molecule has 0 spiro atoms. The minimum absolute atomic E-state index is 0.226. The lowest BCUT2D eigenvalue weighted by Crippen LogP contribution is -2.48. The van der Waals surface area contributed by atoms with Crippen molar-refractivity contribution in [3.05, 3.63) is 23.5 Å². The van der Waals surface area contributed by atoms with Gasteiger partial charge in [0, 0.05) is 12.4 Å². The van der Waals surface area contributed by atoms with Crippen molar-refractivity contribution < 1.29 is 4.79 Å². The second kappa shape index (κ2) is 3.54. The van der Waals surface area contributed by atoms with E-state index >= 15 is 0 Å². The van der Waals surface area contributed by atoms with Gasteiger partial charge in [0.25, 0.3) is 0 Å². The van der Waals surface area contributed by atoms with Crippen molar-refractivity contribution in [3.63, 3.8) is 0 Å². The lowest BCUT2D eigenvalue weighted by molar-refractivity contribution is 0.208. The van der Waals surface area contributed by atoms with Gasteiger partial charge < -0.3 is 11.1 Å². The number of halogens is 1. The molecule has 60 valence electrons. The standard InChI is InChI=1S/C6H8BrN3O/c7-2-4-10-5(8)1-3-9-6(10)11/h1-5H,8H2,(H,9,11). The molecule has 0 saturated heterocycles. The molecule has 0 aromatic rings. The van der Waals surface area contributed by atoms with Crippen LogP contribution in [0.15, 0.2) is 23.5 Å². The van der Waals surface area contributed by atoms with Crippen molar-refractivity contribution in [1.82, 2.24) is 10.2 Å². The number of nitrogens with one attached hydrogen (secondary N) is 1. The van der Waals surface area contributed by atoms with Crippen LogP contribution in [-0.4, -0.2) is 17.1 Å². The second-order valence-corrected chi connectivity index (χ2v) is 2.51. The zero-order valence-corrected chi connectivity index (χ0v) is 7.28. The molecule has 1 rings (SSSR count). The van der Waals surface area contributed by atoms with Crippen molar-refractivity contribution in [2.24, 2.45) is 5.73 Å². The number of nitrogens with two attached hydrogens (primary N) is 1. The summed E-state index contributed by atoms with van der Waals surface area (Å²) in [7, 11) is 0. The number of rotatable bonds is 1. The molecule has 5 heteroatoms. The fourth-order valence-corrected chi connectivity index (χ4v) is 1.00. The first-order valence-electron chi connectivity index (χ1n) is 3.03. The van der Waals surface area contributed by atoms with Crippen molar-refractivity contribution >= 4 is 22.0 Å². The molecular formula is C6H8BrN3O. The fraction of sp³-hybridized carbons (Fsp3) is 0.167. The Morgan fingerprint density at radius 3 is 3.09 bits per heavy atom. The van der Waals surface area contributed by atoms with E-state index < -0.39 is 0 Å². The Bertz CT molecular complexity index is 214. The Balaban J connectivity index is 2.74. The molecule has 0 saturated carbocycles. The van der Waals surface area contributed by atoms with Crippen LogP contribution in [0.5, 0.6) is 0 Å². The van der Waals surface area contributed by atoms with E-state index in [0.717, 1.165) is 0 Å². The smallest absolute Gasteiger partial charge is 0.314 e. The van der Waals surface area contributed by atoms with Crippen LogP contribution in [0.2, 0.25) is 0 Å². The lowest BCUT2D eigenvalue weighted by atomic mass is 10.4. The number of urea groups is 1. The number of carbonyl (C=O) groups is 1. The van der Waals surface area contributed by atoms with E-state index in [0.29, 0.717) is 0 Å². The highest BCUT2D eigenvalue weighted by molar-refractivity contribution is 9.11. The first kappa shape index (κ1) is 8.29. The molecule has 0 aromatic carbocycles. The number of amides is 2. The fourth-order valence-electron chi connectivity index (χ4n) is 0.748. The summed E-state index contributed by atoms with van der Waals surface area (Å²) in [5.74, 6) is 0. The Hall–Kier alpha value is -0.810. The topological polar surface area (TPSA) is 58.4 Å². The summed E-state index contributed by atoms with van der Waals surface area (Å²) in [4.78, 5) is 14.0. The SMILES string of the molecule is NC1C=CNC(=O)N1C=CBr. The molecule has 0 aromatic heterocycles. The van der Waals surface area contributed by atoms with Crippen molar-refractivity contribution in [1.29, 1.82) is 0 Å². The van der Waals surface area contributed by atoms with Gasteiger partial charge in [-0.15, -0.1) is 0 Å². The number of nitrogens with zero attached hydrogens (tertiary/aromatic N) is 1. The van der Waals surface area contributed by atoms with E-state index in [-0.39, 0.29) is 12.2 Å². The van der Waals surface area contributed by atoms with Crippen molar-refractivity contribution in [3.8, 4) is 0 Å². The third-order valence-electron chi connectivity index (χ3n) is 1.27. The molecule has 0 bridgehead atoms. The minimum Gasteiger partial charge on any atom is -0.314 e. The van der Waals surface area contributed by atoms with Crippen LogP contribution in [0.3, 0.4) is 0 Å². The summed E-state index contributed by atoms with van der Waals surface area (Å²) in [6.45, 7) is 0. The van der Waals surface area contributed by atoms with E-state index in [1.165, 1.54) is 11.1 Å². The average molecular weight is 218 g/mol. The summed E-state index contributed by atoms with van der Waals surface area (Å²) >= 11 is 3.06. The number of hydrogen-bond donors (Lipinski definition) is 2. The molecule has 1 unspecified atom stereocenters. The first-order chi connectivity index (χ1) is 5.25. The van der Waals surface area contributed by atoms with Crippen LogP contribution in [-0.2, 0) is 0 Å². The normalized spacial score (nSPS) is 24.4. The zero-order valence-electron chi connectivity index (χ0n) is 5.70. The number of carbonyl (C=O) groups excluding carboxylic acids is 1. The Labute approximate surface area is 72.9 Å². The van der Waals surface area contributed by atoms with Gasteiger partial charge in [-0.05, 0) is 11.1 Å². The average Bonchev–Trinajstić information content (AvgIpc) is 1.97. The van der Waals surface area contributed by atoms with Crippen LogP contribution in [0.4, 0.5) is 4.79 Å². The minimum atomic E-state index is -0.377. The summed E-state index contributed by atoms with van der Waals surface area (Å²) in [5.41, 5.74) is 5.56. The molecule has 3 N–H and O–H groups in total. The molecule has 1 atom stereocenters. The maximum Gasteiger partial charge on any atom is 0.326 e. The van der Waals surface area contributed by atoms with E-state index in [9.17, 15) is 4.79 Å². The van der Waals surface area contributed by atoms with Gasteiger partial charge in [-0.2, -0.15) is 0 Å². The molecule has 11 heavy (non-hydrogen) atoms. The van der Waals surface area contributed by atoms with Gasteiger partial charge >= 0.3 is 6.03 Å². The molecule has 1 aliphatic heterocycles. The third-order valence-corrected chi connectivity index (χ3v) is 1.51. The molecule has 2 amide bonds.